The zero-order chi connectivity index (χ0) is 23.4. The molecule has 1 fully saturated rings. The number of carbonyl (C=O) groups excluding carboxylic acids is 2. The van der Waals surface area contributed by atoms with Gasteiger partial charge in [-0.05, 0) is 63.0 Å². The van der Waals surface area contributed by atoms with Crippen LogP contribution in [0.1, 0.15) is 18.1 Å². The Morgan fingerprint density at radius 2 is 1.88 bits per heavy atom. The van der Waals surface area contributed by atoms with Gasteiger partial charge in [-0.2, -0.15) is 0 Å². The Morgan fingerprint density at radius 3 is 2.67 bits per heavy atom. The molecule has 7 heteroatoms. The number of nitrogens with zero attached hydrogens (tertiary/aromatic N) is 1. The highest BCUT2D eigenvalue weighted by atomic mass is 79.9. The summed E-state index contributed by atoms with van der Waals surface area (Å²) in [5.41, 5.74) is 1.95. The summed E-state index contributed by atoms with van der Waals surface area (Å²) in [4.78, 5) is 25.6. The molecular formula is C26H23BrN2O4. The smallest absolute Gasteiger partial charge is 0.329 e. The number of fused-ring (bicyclic) bond motifs is 1. The van der Waals surface area contributed by atoms with Gasteiger partial charge in [-0.15, -0.1) is 6.58 Å². The largest absolute Gasteiger partial charge is 0.490 e. The van der Waals surface area contributed by atoms with Crippen LogP contribution in [0.15, 0.2) is 77.4 Å². The minimum Gasteiger partial charge on any atom is -0.490 e. The molecule has 0 atom stereocenters. The Hall–Kier alpha value is -3.58. The van der Waals surface area contributed by atoms with Crippen molar-refractivity contribution in [2.75, 3.05) is 13.2 Å². The highest BCUT2D eigenvalue weighted by Crippen LogP contribution is 2.38. The van der Waals surface area contributed by atoms with E-state index in [1.165, 1.54) is 6.08 Å². The zero-order valence-electron chi connectivity index (χ0n) is 18.1. The summed E-state index contributed by atoms with van der Waals surface area (Å²) in [6.07, 6.45) is 3.12. The van der Waals surface area contributed by atoms with Crippen LogP contribution in [0.2, 0.25) is 0 Å². The quantitative estimate of drug-likeness (QED) is 0.243. The number of hydrogen-bond acceptors (Lipinski definition) is 4. The van der Waals surface area contributed by atoms with Gasteiger partial charge in [-0.25, -0.2) is 4.79 Å². The van der Waals surface area contributed by atoms with Crippen molar-refractivity contribution >= 4 is 44.7 Å². The summed E-state index contributed by atoms with van der Waals surface area (Å²) < 4.78 is 12.7. The fourth-order valence-corrected chi connectivity index (χ4v) is 4.25. The zero-order valence-corrected chi connectivity index (χ0v) is 19.7. The molecule has 0 spiro atoms. The average Bonchev–Trinajstić information content (AvgIpc) is 3.06. The van der Waals surface area contributed by atoms with E-state index in [0.717, 1.165) is 21.2 Å². The van der Waals surface area contributed by atoms with E-state index in [-0.39, 0.29) is 12.2 Å². The van der Waals surface area contributed by atoms with Crippen LogP contribution in [0.4, 0.5) is 4.79 Å². The molecule has 33 heavy (non-hydrogen) atoms. The molecule has 0 unspecified atom stereocenters. The van der Waals surface area contributed by atoms with Gasteiger partial charge in [0.2, 0.25) is 0 Å². The Kier molecular flexibility index (Phi) is 6.79. The van der Waals surface area contributed by atoms with Crippen molar-refractivity contribution in [1.29, 1.82) is 0 Å². The molecule has 6 nitrogen and oxygen atoms in total. The number of benzene rings is 3. The van der Waals surface area contributed by atoms with Crippen LogP contribution in [0, 0.1) is 0 Å². The summed E-state index contributed by atoms with van der Waals surface area (Å²) in [6.45, 7) is 6.43. The van der Waals surface area contributed by atoms with Gasteiger partial charge in [0.25, 0.3) is 5.91 Å². The van der Waals surface area contributed by atoms with E-state index in [9.17, 15) is 9.59 Å². The number of hydrogen-bond donors (Lipinski definition) is 1. The number of halogens is 1. The number of urea groups is 1. The number of imide groups is 1. The molecule has 0 aliphatic carbocycles. The van der Waals surface area contributed by atoms with Crippen molar-refractivity contribution in [1.82, 2.24) is 10.2 Å². The molecule has 1 heterocycles. The second kappa shape index (κ2) is 9.92. The number of ether oxygens (including phenoxy) is 2. The maximum absolute atomic E-state index is 12.5. The summed E-state index contributed by atoms with van der Waals surface area (Å²) in [6, 6.07) is 17.4. The third-order valence-electron chi connectivity index (χ3n) is 5.17. The molecule has 1 N–H and O–H groups in total. The van der Waals surface area contributed by atoms with Crippen LogP contribution >= 0.6 is 15.9 Å². The van der Waals surface area contributed by atoms with Gasteiger partial charge in [0.15, 0.2) is 11.5 Å². The fraction of sp³-hybridized carbons (Fsp3) is 0.154. The standard InChI is InChI=1S/C26H23BrN2O4/c1-3-12-29-25(30)22(28-26(29)31)14-17-13-21(27)24(23(15-17)32-4-2)33-16-19-10-7-9-18-8-5-6-11-20(18)19/h3,5-11,13-15H,1,4,12,16H2,2H3,(H,28,31)/b22-14+. The van der Waals surface area contributed by atoms with Gasteiger partial charge in [0.05, 0.1) is 11.1 Å². The predicted molar refractivity (Wildman–Crippen MR) is 132 cm³/mol. The van der Waals surface area contributed by atoms with E-state index < -0.39 is 11.9 Å². The minimum absolute atomic E-state index is 0.150. The van der Waals surface area contributed by atoms with Gasteiger partial charge in [-0.3, -0.25) is 9.69 Å². The van der Waals surface area contributed by atoms with Crippen molar-refractivity contribution in [3.8, 4) is 11.5 Å². The number of rotatable bonds is 8. The Labute approximate surface area is 200 Å². The van der Waals surface area contributed by atoms with Crippen molar-refractivity contribution in [3.05, 3.63) is 88.5 Å². The Morgan fingerprint density at radius 1 is 1.09 bits per heavy atom. The summed E-state index contributed by atoms with van der Waals surface area (Å²) in [5, 5.41) is 4.89. The monoisotopic (exact) mass is 506 g/mol. The molecule has 0 radical (unpaired) electrons. The molecule has 0 aromatic heterocycles. The van der Waals surface area contributed by atoms with E-state index >= 15 is 0 Å². The lowest BCUT2D eigenvalue weighted by molar-refractivity contribution is -0.122. The molecule has 3 amide bonds. The third-order valence-corrected chi connectivity index (χ3v) is 5.76. The number of amides is 3. The maximum atomic E-state index is 12.5. The van der Waals surface area contributed by atoms with Crippen LogP contribution < -0.4 is 14.8 Å². The van der Waals surface area contributed by atoms with Crippen LogP contribution in [-0.4, -0.2) is 30.0 Å². The summed E-state index contributed by atoms with van der Waals surface area (Å²) >= 11 is 3.57. The molecule has 3 aromatic rings. The van der Waals surface area contributed by atoms with Crippen LogP contribution in [-0.2, 0) is 11.4 Å². The van der Waals surface area contributed by atoms with E-state index in [2.05, 4.69) is 46.0 Å². The first-order chi connectivity index (χ1) is 16.0. The van der Waals surface area contributed by atoms with E-state index in [4.69, 9.17) is 9.47 Å². The summed E-state index contributed by atoms with van der Waals surface area (Å²) in [5.74, 6) is 0.714. The topological polar surface area (TPSA) is 67.9 Å². The highest BCUT2D eigenvalue weighted by molar-refractivity contribution is 9.10. The van der Waals surface area contributed by atoms with Crippen molar-refractivity contribution in [2.45, 2.75) is 13.5 Å². The first-order valence-corrected chi connectivity index (χ1v) is 11.3. The molecular weight excluding hydrogens is 484 g/mol. The number of nitrogens with one attached hydrogen (secondary N) is 1. The van der Waals surface area contributed by atoms with E-state index in [0.29, 0.717) is 34.7 Å². The van der Waals surface area contributed by atoms with E-state index in [1.54, 1.807) is 12.1 Å². The van der Waals surface area contributed by atoms with Gasteiger partial charge < -0.3 is 14.8 Å². The summed E-state index contributed by atoms with van der Waals surface area (Å²) in [7, 11) is 0. The lowest BCUT2D eigenvalue weighted by Crippen LogP contribution is -2.30. The van der Waals surface area contributed by atoms with Crippen LogP contribution in [0.5, 0.6) is 11.5 Å². The maximum Gasteiger partial charge on any atom is 0.329 e. The molecule has 1 aliphatic rings. The van der Waals surface area contributed by atoms with E-state index in [1.807, 2.05) is 37.3 Å². The Balaban J connectivity index is 1.62. The first-order valence-electron chi connectivity index (χ1n) is 10.5. The number of carbonyl (C=O) groups is 2. The van der Waals surface area contributed by atoms with Gasteiger partial charge in [0.1, 0.15) is 12.3 Å². The minimum atomic E-state index is -0.467. The van der Waals surface area contributed by atoms with Crippen LogP contribution in [0.25, 0.3) is 16.8 Å². The lowest BCUT2D eigenvalue weighted by atomic mass is 10.1. The molecule has 1 aliphatic heterocycles. The normalized spacial score (nSPS) is 14.6. The van der Waals surface area contributed by atoms with Crippen LogP contribution in [0.3, 0.4) is 0 Å². The van der Waals surface area contributed by atoms with Gasteiger partial charge in [0, 0.05) is 6.54 Å². The Bertz CT molecular complexity index is 1260. The molecule has 4 rings (SSSR count). The molecule has 3 aromatic carbocycles. The SMILES string of the molecule is C=CCN1C(=O)N/C(=C/c2cc(Br)c(OCc3cccc4ccccc34)c(OCC)c2)C1=O. The highest BCUT2D eigenvalue weighted by Gasteiger charge is 2.32. The first kappa shape index (κ1) is 22.6. The molecule has 1 saturated heterocycles. The lowest BCUT2D eigenvalue weighted by Gasteiger charge is -2.16. The molecule has 0 bridgehead atoms. The van der Waals surface area contributed by atoms with Crippen molar-refractivity contribution in [2.24, 2.45) is 0 Å². The average molecular weight is 507 g/mol. The third kappa shape index (κ3) is 4.78. The van der Waals surface area contributed by atoms with Gasteiger partial charge in [-0.1, -0.05) is 48.5 Å². The van der Waals surface area contributed by atoms with Crippen molar-refractivity contribution in [3.63, 3.8) is 0 Å². The molecule has 0 saturated carbocycles. The molecule has 168 valence electrons. The second-order valence-electron chi connectivity index (χ2n) is 7.38. The van der Waals surface area contributed by atoms with Crippen molar-refractivity contribution < 1.29 is 19.1 Å². The fourth-order valence-electron chi connectivity index (χ4n) is 3.68. The second-order valence-corrected chi connectivity index (χ2v) is 8.24. The van der Waals surface area contributed by atoms with Gasteiger partial charge >= 0.3 is 6.03 Å². The predicted octanol–water partition coefficient (Wildman–Crippen LogP) is 5.66.